The van der Waals surface area contributed by atoms with E-state index in [2.05, 4.69) is 10.2 Å². The molecule has 0 heterocycles. The molecule has 5 nitrogen and oxygen atoms in total. The molecule has 0 saturated heterocycles. The van der Waals surface area contributed by atoms with Crippen LogP contribution in [-0.4, -0.2) is 52.8 Å². The molecule has 2 aliphatic carbocycles. The number of nitrogens with zero attached hydrogens (tertiary/aromatic N) is 1. The van der Waals surface area contributed by atoms with E-state index in [9.17, 15) is 9.59 Å². The van der Waals surface area contributed by atoms with Crippen molar-refractivity contribution in [2.75, 3.05) is 18.8 Å². The van der Waals surface area contributed by atoms with Crippen LogP contribution in [0.5, 0.6) is 0 Å². The van der Waals surface area contributed by atoms with Gasteiger partial charge in [0, 0.05) is 29.4 Å². The van der Waals surface area contributed by atoms with E-state index < -0.39 is 5.97 Å². The summed E-state index contributed by atoms with van der Waals surface area (Å²) in [5, 5.41) is 12.9. The van der Waals surface area contributed by atoms with Gasteiger partial charge < -0.3 is 10.4 Å². The van der Waals surface area contributed by atoms with Gasteiger partial charge in [-0.2, -0.15) is 0 Å². The number of amides is 1. The first-order chi connectivity index (χ1) is 12.5. The van der Waals surface area contributed by atoms with Gasteiger partial charge in [0.15, 0.2) is 0 Å². The standard InChI is InChI=1S/C19H25ClN2O3S/c20-15-5-3-14(4-6-15)11-26-12-18(23)21-16-7-17(8-16)22(10-19(24)25)9-13-1-2-13/h3-6,13,16-17H,1-2,7-12H2,(H,21,23)(H,24,25). The third kappa shape index (κ3) is 6.18. The molecule has 142 valence electrons. The maximum absolute atomic E-state index is 12.1. The van der Waals surface area contributed by atoms with Crippen LogP contribution in [0.1, 0.15) is 31.2 Å². The second kappa shape index (κ2) is 9.11. The Hall–Kier alpha value is -1.24. The molecule has 3 rings (SSSR count). The van der Waals surface area contributed by atoms with Crippen molar-refractivity contribution >= 4 is 35.2 Å². The van der Waals surface area contributed by atoms with E-state index in [0.29, 0.717) is 17.7 Å². The summed E-state index contributed by atoms with van der Waals surface area (Å²) in [4.78, 5) is 25.2. The molecule has 0 atom stereocenters. The average molecular weight is 397 g/mol. The summed E-state index contributed by atoms with van der Waals surface area (Å²) in [6, 6.07) is 8.13. The van der Waals surface area contributed by atoms with E-state index in [0.717, 1.165) is 35.7 Å². The van der Waals surface area contributed by atoms with E-state index >= 15 is 0 Å². The molecular weight excluding hydrogens is 372 g/mol. The first-order valence-corrected chi connectivity index (χ1v) is 10.6. The number of halogens is 1. The lowest BCUT2D eigenvalue weighted by Gasteiger charge is -2.42. The molecule has 0 aromatic heterocycles. The Bertz CT molecular complexity index is 630. The molecule has 1 aromatic rings. The van der Waals surface area contributed by atoms with Crippen molar-refractivity contribution in [1.29, 1.82) is 0 Å². The Kier molecular flexibility index (Phi) is 6.84. The monoisotopic (exact) mass is 396 g/mol. The van der Waals surface area contributed by atoms with Gasteiger partial charge in [-0.05, 0) is 49.3 Å². The number of carbonyl (C=O) groups excluding carboxylic acids is 1. The fourth-order valence-corrected chi connectivity index (χ4v) is 4.19. The molecule has 2 fully saturated rings. The molecule has 0 unspecified atom stereocenters. The minimum Gasteiger partial charge on any atom is -0.480 e. The first kappa shape index (κ1) is 19.5. The fourth-order valence-electron chi connectivity index (χ4n) is 3.26. The largest absolute Gasteiger partial charge is 0.480 e. The Morgan fingerprint density at radius 3 is 2.54 bits per heavy atom. The summed E-state index contributed by atoms with van der Waals surface area (Å²) in [6.07, 6.45) is 4.14. The lowest BCUT2D eigenvalue weighted by Crippen LogP contribution is -2.55. The van der Waals surface area contributed by atoms with Gasteiger partial charge in [0.2, 0.25) is 5.91 Å². The molecule has 1 aromatic carbocycles. The van der Waals surface area contributed by atoms with Crippen molar-refractivity contribution in [1.82, 2.24) is 10.2 Å². The number of thioether (sulfide) groups is 1. The maximum Gasteiger partial charge on any atom is 0.317 e. The van der Waals surface area contributed by atoms with Gasteiger partial charge in [-0.25, -0.2) is 0 Å². The van der Waals surface area contributed by atoms with Crippen LogP contribution in [0, 0.1) is 5.92 Å². The summed E-state index contributed by atoms with van der Waals surface area (Å²) >= 11 is 7.45. The molecule has 0 aliphatic heterocycles. The van der Waals surface area contributed by atoms with Gasteiger partial charge >= 0.3 is 5.97 Å². The molecule has 26 heavy (non-hydrogen) atoms. The number of hydrogen-bond donors (Lipinski definition) is 2. The molecule has 0 spiro atoms. The smallest absolute Gasteiger partial charge is 0.317 e. The number of carbonyl (C=O) groups is 2. The van der Waals surface area contributed by atoms with Crippen LogP contribution in [0.2, 0.25) is 5.02 Å². The van der Waals surface area contributed by atoms with Gasteiger partial charge in [-0.1, -0.05) is 23.7 Å². The van der Waals surface area contributed by atoms with Crippen LogP contribution < -0.4 is 5.32 Å². The summed E-state index contributed by atoms with van der Waals surface area (Å²) < 4.78 is 0. The predicted octanol–water partition coefficient (Wildman–Crippen LogP) is 3.02. The zero-order valence-electron chi connectivity index (χ0n) is 14.7. The molecule has 0 radical (unpaired) electrons. The predicted molar refractivity (Wildman–Crippen MR) is 104 cm³/mol. The van der Waals surface area contributed by atoms with E-state index in [4.69, 9.17) is 16.7 Å². The summed E-state index contributed by atoms with van der Waals surface area (Å²) in [6.45, 7) is 0.993. The molecule has 2 aliphatic rings. The SMILES string of the molecule is O=C(O)CN(CC1CC1)C1CC(NC(=O)CSCc2ccc(Cl)cc2)C1. The quantitative estimate of drug-likeness (QED) is 0.636. The zero-order chi connectivity index (χ0) is 18.5. The fraction of sp³-hybridized carbons (Fsp3) is 0.579. The Balaban J connectivity index is 1.33. The normalized spacial score (nSPS) is 22.1. The van der Waals surface area contributed by atoms with Crippen LogP contribution in [0.3, 0.4) is 0 Å². The second-order valence-corrected chi connectivity index (χ2v) is 8.70. The third-order valence-corrected chi connectivity index (χ3v) is 6.19. The number of carboxylic acids is 1. The lowest BCUT2D eigenvalue weighted by molar-refractivity contribution is -0.140. The van der Waals surface area contributed by atoms with Crippen LogP contribution >= 0.6 is 23.4 Å². The van der Waals surface area contributed by atoms with Crippen molar-refractivity contribution in [3.8, 4) is 0 Å². The van der Waals surface area contributed by atoms with E-state index in [-0.39, 0.29) is 18.5 Å². The van der Waals surface area contributed by atoms with Gasteiger partial charge in [-0.3, -0.25) is 14.5 Å². The van der Waals surface area contributed by atoms with Gasteiger partial charge in [0.25, 0.3) is 0 Å². The van der Waals surface area contributed by atoms with Gasteiger partial charge in [0.05, 0.1) is 12.3 Å². The summed E-state index contributed by atoms with van der Waals surface area (Å²) in [5.41, 5.74) is 1.15. The van der Waals surface area contributed by atoms with Crippen molar-refractivity contribution in [3.05, 3.63) is 34.9 Å². The lowest BCUT2D eigenvalue weighted by atomic mass is 9.85. The highest BCUT2D eigenvalue weighted by molar-refractivity contribution is 7.99. The average Bonchev–Trinajstić information content (AvgIpc) is 3.35. The van der Waals surface area contributed by atoms with Crippen LogP contribution in [0.4, 0.5) is 0 Å². The summed E-state index contributed by atoms with van der Waals surface area (Å²) in [5.74, 6) is 1.18. The minimum absolute atomic E-state index is 0.0550. The molecule has 2 saturated carbocycles. The molecular formula is C19H25ClN2O3S. The topological polar surface area (TPSA) is 69.6 Å². The first-order valence-electron chi connectivity index (χ1n) is 9.07. The molecule has 7 heteroatoms. The van der Waals surface area contributed by atoms with Gasteiger partial charge in [0.1, 0.15) is 0 Å². The summed E-state index contributed by atoms with van der Waals surface area (Å²) in [7, 11) is 0. The van der Waals surface area contributed by atoms with Crippen molar-refractivity contribution in [2.24, 2.45) is 5.92 Å². The van der Waals surface area contributed by atoms with Crippen molar-refractivity contribution in [3.63, 3.8) is 0 Å². The van der Waals surface area contributed by atoms with Crippen molar-refractivity contribution < 1.29 is 14.7 Å². The minimum atomic E-state index is -0.767. The number of nitrogens with one attached hydrogen (secondary N) is 1. The van der Waals surface area contributed by atoms with Crippen molar-refractivity contribution in [2.45, 2.75) is 43.5 Å². The van der Waals surface area contributed by atoms with E-state index in [1.807, 2.05) is 24.3 Å². The highest BCUT2D eigenvalue weighted by atomic mass is 35.5. The number of aliphatic carboxylic acids is 1. The Labute approximate surface area is 163 Å². The number of benzene rings is 1. The Morgan fingerprint density at radius 2 is 1.92 bits per heavy atom. The second-order valence-electron chi connectivity index (χ2n) is 7.28. The third-order valence-electron chi connectivity index (χ3n) is 4.94. The Morgan fingerprint density at radius 1 is 1.23 bits per heavy atom. The van der Waals surface area contributed by atoms with Gasteiger partial charge in [-0.15, -0.1) is 11.8 Å². The van der Waals surface area contributed by atoms with Crippen LogP contribution in [0.25, 0.3) is 0 Å². The molecule has 1 amide bonds. The van der Waals surface area contributed by atoms with E-state index in [1.54, 1.807) is 11.8 Å². The number of rotatable bonds is 10. The maximum atomic E-state index is 12.1. The number of hydrogen-bond acceptors (Lipinski definition) is 4. The highest BCUT2D eigenvalue weighted by Crippen LogP contribution is 2.33. The van der Waals surface area contributed by atoms with Crippen LogP contribution in [0.15, 0.2) is 24.3 Å². The van der Waals surface area contributed by atoms with Crippen LogP contribution in [-0.2, 0) is 15.3 Å². The highest BCUT2D eigenvalue weighted by Gasteiger charge is 2.37. The molecule has 0 bridgehead atoms. The number of carboxylic acid groups (broad SMARTS) is 1. The zero-order valence-corrected chi connectivity index (χ0v) is 16.3. The van der Waals surface area contributed by atoms with E-state index in [1.165, 1.54) is 12.8 Å². The molecule has 2 N–H and O–H groups in total.